The summed E-state index contributed by atoms with van der Waals surface area (Å²) in [6.07, 6.45) is 3.40. The highest BCUT2D eigenvalue weighted by Crippen LogP contribution is 2.23. The van der Waals surface area contributed by atoms with E-state index in [2.05, 4.69) is 52.0 Å². The lowest BCUT2D eigenvalue weighted by atomic mass is 10.3. The molecule has 0 spiro atoms. The molecule has 146 valence electrons. The Balaban J connectivity index is 1.26. The van der Waals surface area contributed by atoms with Crippen LogP contribution in [0.1, 0.15) is 0 Å². The van der Waals surface area contributed by atoms with Crippen LogP contribution in [0.25, 0.3) is 11.2 Å². The third kappa shape index (κ3) is 3.09. The first-order valence-corrected chi connectivity index (χ1v) is 9.58. The van der Waals surface area contributed by atoms with Gasteiger partial charge in [-0.25, -0.2) is 15.0 Å². The van der Waals surface area contributed by atoms with Crippen LogP contribution >= 0.6 is 0 Å². The minimum atomic E-state index is 0.748. The van der Waals surface area contributed by atoms with Crippen molar-refractivity contribution in [2.45, 2.75) is 0 Å². The predicted molar refractivity (Wildman–Crippen MR) is 106 cm³/mol. The number of piperazine rings is 1. The van der Waals surface area contributed by atoms with Gasteiger partial charge in [0.1, 0.15) is 6.33 Å². The number of hydrogen-bond acceptors (Lipinski definition) is 9. The van der Waals surface area contributed by atoms with Crippen LogP contribution in [0.5, 0.6) is 0 Å². The molecule has 0 saturated carbocycles. The van der Waals surface area contributed by atoms with E-state index in [0.29, 0.717) is 0 Å². The van der Waals surface area contributed by atoms with Crippen LogP contribution in [0.2, 0.25) is 0 Å². The molecular weight excluding hydrogens is 358 g/mol. The van der Waals surface area contributed by atoms with E-state index in [-0.39, 0.29) is 0 Å². The number of aromatic nitrogens is 6. The Bertz CT molecular complexity index is 943. The molecule has 28 heavy (non-hydrogen) atoms. The number of nitrogens with zero attached hydrogens (tertiary/aromatic N) is 9. The van der Waals surface area contributed by atoms with Crippen LogP contribution in [0.3, 0.4) is 0 Å². The molecule has 2 fully saturated rings. The second kappa shape index (κ2) is 7.19. The fraction of sp³-hybridized carbons (Fsp3) is 0.500. The fourth-order valence-electron chi connectivity index (χ4n) is 3.76. The monoisotopic (exact) mass is 381 g/mol. The Morgan fingerprint density at radius 1 is 0.786 bits per heavy atom. The molecule has 5 rings (SSSR count). The van der Waals surface area contributed by atoms with E-state index in [1.54, 1.807) is 12.7 Å². The van der Waals surface area contributed by atoms with E-state index >= 15 is 0 Å². The van der Waals surface area contributed by atoms with Gasteiger partial charge < -0.3 is 24.0 Å². The minimum Gasteiger partial charge on any atom is -0.378 e. The van der Waals surface area contributed by atoms with Gasteiger partial charge in [0.2, 0.25) is 0 Å². The highest BCUT2D eigenvalue weighted by Gasteiger charge is 2.22. The van der Waals surface area contributed by atoms with Crippen molar-refractivity contribution < 1.29 is 4.74 Å². The molecule has 0 unspecified atom stereocenters. The third-order valence-corrected chi connectivity index (χ3v) is 5.35. The van der Waals surface area contributed by atoms with Crippen molar-refractivity contribution in [3.63, 3.8) is 0 Å². The highest BCUT2D eigenvalue weighted by atomic mass is 16.5. The molecule has 5 heterocycles. The number of anilines is 3. The summed E-state index contributed by atoms with van der Waals surface area (Å²) in [6, 6.07) is 4.12. The van der Waals surface area contributed by atoms with Crippen LogP contribution in [0.4, 0.5) is 17.5 Å². The van der Waals surface area contributed by atoms with Crippen molar-refractivity contribution in [2.75, 3.05) is 67.2 Å². The number of fused-ring (bicyclic) bond motifs is 1. The lowest BCUT2D eigenvalue weighted by molar-refractivity contribution is 0.122. The minimum absolute atomic E-state index is 0.748. The third-order valence-electron chi connectivity index (χ3n) is 5.35. The molecule has 0 aromatic carbocycles. The Morgan fingerprint density at radius 3 is 2.11 bits per heavy atom. The number of ether oxygens (including phenoxy) is 1. The van der Waals surface area contributed by atoms with Gasteiger partial charge in [-0.15, -0.1) is 10.2 Å². The lowest BCUT2D eigenvalue weighted by Gasteiger charge is -2.36. The summed E-state index contributed by atoms with van der Waals surface area (Å²) in [6.45, 7) is 6.68. The first-order chi connectivity index (χ1) is 13.8. The summed E-state index contributed by atoms with van der Waals surface area (Å²) in [4.78, 5) is 20.0. The number of hydrogen-bond donors (Lipinski definition) is 0. The van der Waals surface area contributed by atoms with Crippen LogP contribution in [0.15, 0.2) is 24.8 Å². The van der Waals surface area contributed by atoms with E-state index in [1.165, 1.54) is 0 Å². The average Bonchev–Trinajstić information content (AvgIpc) is 3.16. The summed E-state index contributed by atoms with van der Waals surface area (Å²) in [5, 5.41) is 8.89. The SMILES string of the molecule is Cn1cnc2c(N3CCN(c4ccc(N5CCOCC5)nn4)CC3)ncnc21. The molecular formula is C18H23N9O. The van der Waals surface area contributed by atoms with Gasteiger partial charge in [-0.3, -0.25) is 0 Å². The van der Waals surface area contributed by atoms with Gasteiger partial charge in [-0.2, -0.15) is 0 Å². The van der Waals surface area contributed by atoms with Crippen molar-refractivity contribution in [3.8, 4) is 0 Å². The maximum Gasteiger partial charge on any atom is 0.165 e. The molecule has 0 aliphatic carbocycles. The topological polar surface area (TPSA) is 88.3 Å². The van der Waals surface area contributed by atoms with Gasteiger partial charge in [-0.05, 0) is 12.1 Å². The molecule has 0 amide bonds. The number of imidazole rings is 1. The second-order valence-corrected chi connectivity index (χ2v) is 7.05. The molecule has 3 aromatic heterocycles. The predicted octanol–water partition coefficient (Wildman–Crippen LogP) is 0.317. The molecule has 2 saturated heterocycles. The molecule has 3 aromatic rings. The van der Waals surface area contributed by atoms with Gasteiger partial charge in [0.05, 0.1) is 19.5 Å². The van der Waals surface area contributed by atoms with Crippen LogP contribution in [-0.2, 0) is 11.8 Å². The zero-order valence-electron chi connectivity index (χ0n) is 15.9. The van der Waals surface area contributed by atoms with Gasteiger partial charge in [0.15, 0.2) is 28.6 Å². The largest absolute Gasteiger partial charge is 0.378 e. The molecule has 0 atom stereocenters. The van der Waals surface area contributed by atoms with Crippen molar-refractivity contribution in [2.24, 2.45) is 7.05 Å². The van der Waals surface area contributed by atoms with Crippen LogP contribution < -0.4 is 14.7 Å². The van der Waals surface area contributed by atoms with E-state index in [0.717, 1.165) is 81.1 Å². The molecule has 0 bridgehead atoms. The Kier molecular flexibility index (Phi) is 4.40. The van der Waals surface area contributed by atoms with Crippen molar-refractivity contribution in [3.05, 3.63) is 24.8 Å². The standard InChI is InChI=1S/C18H23N9O/c1-24-13-21-16-17(24)19-12-20-18(16)27-6-4-25(5-7-27)14-2-3-15(23-22-14)26-8-10-28-11-9-26/h2-3,12-13H,4-11H2,1H3. The summed E-state index contributed by atoms with van der Waals surface area (Å²) < 4.78 is 7.32. The summed E-state index contributed by atoms with van der Waals surface area (Å²) in [7, 11) is 1.95. The highest BCUT2D eigenvalue weighted by molar-refractivity contribution is 5.83. The van der Waals surface area contributed by atoms with E-state index < -0.39 is 0 Å². The number of morpholine rings is 1. The lowest BCUT2D eigenvalue weighted by Crippen LogP contribution is -2.47. The smallest absolute Gasteiger partial charge is 0.165 e. The summed E-state index contributed by atoms with van der Waals surface area (Å²) in [5.41, 5.74) is 1.71. The molecule has 10 nitrogen and oxygen atoms in total. The molecule has 0 N–H and O–H groups in total. The fourth-order valence-corrected chi connectivity index (χ4v) is 3.76. The van der Waals surface area contributed by atoms with Gasteiger partial charge in [0, 0.05) is 46.3 Å². The maximum absolute atomic E-state index is 5.40. The molecule has 10 heteroatoms. The first kappa shape index (κ1) is 17.1. The zero-order chi connectivity index (χ0) is 18.9. The van der Waals surface area contributed by atoms with Gasteiger partial charge >= 0.3 is 0 Å². The molecule has 2 aliphatic rings. The van der Waals surface area contributed by atoms with E-state index in [4.69, 9.17) is 4.74 Å². The summed E-state index contributed by atoms with van der Waals surface area (Å²) in [5.74, 6) is 2.74. The Hall–Kier alpha value is -3.01. The second-order valence-electron chi connectivity index (χ2n) is 7.05. The normalized spacial score (nSPS) is 18.1. The van der Waals surface area contributed by atoms with Crippen molar-refractivity contribution in [1.82, 2.24) is 29.7 Å². The number of aryl methyl sites for hydroxylation is 1. The van der Waals surface area contributed by atoms with Crippen LogP contribution in [0, 0.1) is 0 Å². The quantitative estimate of drug-likeness (QED) is 0.636. The van der Waals surface area contributed by atoms with E-state index in [1.807, 2.05) is 11.6 Å². The summed E-state index contributed by atoms with van der Waals surface area (Å²) >= 11 is 0. The Labute approximate surface area is 162 Å². The van der Waals surface area contributed by atoms with Crippen LogP contribution in [-0.4, -0.2) is 82.2 Å². The molecule has 0 radical (unpaired) electrons. The first-order valence-electron chi connectivity index (χ1n) is 9.58. The zero-order valence-corrected chi connectivity index (χ0v) is 15.9. The maximum atomic E-state index is 5.40. The van der Waals surface area contributed by atoms with Crippen molar-refractivity contribution in [1.29, 1.82) is 0 Å². The van der Waals surface area contributed by atoms with Crippen molar-refractivity contribution >= 4 is 28.6 Å². The molecule has 2 aliphatic heterocycles. The average molecular weight is 381 g/mol. The van der Waals surface area contributed by atoms with Gasteiger partial charge in [0.25, 0.3) is 0 Å². The van der Waals surface area contributed by atoms with Gasteiger partial charge in [-0.1, -0.05) is 0 Å². The number of rotatable bonds is 3. The van der Waals surface area contributed by atoms with E-state index in [9.17, 15) is 0 Å². The Morgan fingerprint density at radius 2 is 1.43 bits per heavy atom.